The van der Waals surface area contributed by atoms with Gasteiger partial charge in [0.05, 0.1) is 18.9 Å². The highest BCUT2D eigenvalue weighted by Crippen LogP contribution is 2.22. The van der Waals surface area contributed by atoms with Gasteiger partial charge in [-0.15, -0.1) is 0 Å². The molecule has 0 aliphatic rings. The van der Waals surface area contributed by atoms with E-state index in [9.17, 15) is 18.0 Å². The van der Waals surface area contributed by atoms with Gasteiger partial charge < -0.3 is 4.74 Å². The van der Waals surface area contributed by atoms with Crippen LogP contribution in [0.3, 0.4) is 0 Å². The van der Waals surface area contributed by atoms with E-state index < -0.39 is 29.5 Å². The minimum absolute atomic E-state index is 0.559. The Hall–Kier alpha value is -1.59. The van der Waals surface area contributed by atoms with Gasteiger partial charge in [0, 0.05) is 0 Å². The van der Waals surface area contributed by atoms with Crippen molar-refractivity contribution >= 4 is 5.97 Å². The van der Waals surface area contributed by atoms with Crippen molar-refractivity contribution in [1.29, 1.82) is 0 Å². The van der Waals surface area contributed by atoms with E-state index in [4.69, 9.17) is 0 Å². The lowest BCUT2D eigenvalue weighted by atomic mass is 10.2. The third-order valence-electron chi connectivity index (χ3n) is 1.50. The molecular formula is C8H6F3NO2. The number of halogens is 3. The number of hydrogen-bond acceptors (Lipinski definition) is 3. The van der Waals surface area contributed by atoms with Gasteiger partial charge >= 0.3 is 5.97 Å². The van der Waals surface area contributed by atoms with E-state index in [1.807, 2.05) is 0 Å². The maximum absolute atomic E-state index is 12.5. The minimum atomic E-state index is -2.97. The van der Waals surface area contributed by atoms with E-state index >= 15 is 0 Å². The maximum Gasteiger partial charge on any atom is 0.357 e. The molecule has 6 heteroatoms. The first-order chi connectivity index (χ1) is 6.56. The van der Waals surface area contributed by atoms with Gasteiger partial charge in [-0.25, -0.2) is 22.9 Å². The number of esters is 1. The zero-order chi connectivity index (χ0) is 10.7. The Bertz CT molecular complexity index is 354. The van der Waals surface area contributed by atoms with Crippen molar-refractivity contribution in [2.45, 2.75) is 6.43 Å². The molecule has 0 aromatic carbocycles. The zero-order valence-electron chi connectivity index (χ0n) is 7.13. The van der Waals surface area contributed by atoms with Crippen LogP contribution in [0.1, 0.15) is 22.5 Å². The van der Waals surface area contributed by atoms with Gasteiger partial charge in [0.25, 0.3) is 6.43 Å². The number of pyridine rings is 1. The molecule has 3 nitrogen and oxygen atoms in total. The van der Waals surface area contributed by atoms with E-state index in [1.165, 1.54) is 0 Å². The van der Waals surface area contributed by atoms with Gasteiger partial charge in [-0.3, -0.25) is 0 Å². The van der Waals surface area contributed by atoms with Crippen molar-refractivity contribution in [2.75, 3.05) is 7.11 Å². The molecule has 0 bridgehead atoms. The van der Waals surface area contributed by atoms with Crippen LogP contribution in [0.4, 0.5) is 13.2 Å². The van der Waals surface area contributed by atoms with Crippen molar-refractivity contribution in [3.05, 3.63) is 29.3 Å². The predicted molar refractivity (Wildman–Crippen MR) is 40.5 cm³/mol. The van der Waals surface area contributed by atoms with Crippen molar-refractivity contribution in [1.82, 2.24) is 4.98 Å². The molecular weight excluding hydrogens is 199 g/mol. The Morgan fingerprint density at radius 3 is 2.71 bits per heavy atom. The number of alkyl halides is 2. The Morgan fingerprint density at radius 1 is 1.57 bits per heavy atom. The van der Waals surface area contributed by atoms with Crippen LogP contribution >= 0.6 is 0 Å². The fourth-order valence-corrected chi connectivity index (χ4v) is 0.889. The van der Waals surface area contributed by atoms with Crippen LogP contribution in [0.25, 0.3) is 0 Å². The lowest BCUT2D eigenvalue weighted by molar-refractivity contribution is 0.0581. The highest BCUT2D eigenvalue weighted by molar-refractivity contribution is 5.88. The van der Waals surface area contributed by atoms with E-state index in [0.29, 0.717) is 12.3 Å². The summed E-state index contributed by atoms with van der Waals surface area (Å²) in [6, 6.07) is 0.559. The van der Waals surface area contributed by atoms with E-state index in [0.717, 1.165) is 7.11 Å². The molecule has 0 N–H and O–H groups in total. The average molecular weight is 205 g/mol. The fourth-order valence-electron chi connectivity index (χ4n) is 0.889. The number of ether oxygens (including phenoxy) is 1. The predicted octanol–water partition coefficient (Wildman–Crippen LogP) is 1.94. The van der Waals surface area contributed by atoms with Crippen LogP contribution in [-0.2, 0) is 4.74 Å². The lowest BCUT2D eigenvalue weighted by Gasteiger charge is -2.05. The van der Waals surface area contributed by atoms with Gasteiger partial charge in [-0.1, -0.05) is 0 Å². The van der Waals surface area contributed by atoms with E-state index in [1.54, 1.807) is 0 Å². The number of methoxy groups -OCH3 is 1. The molecule has 0 amide bonds. The summed E-state index contributed by atoms with van der Waals surface area (Å²) in [5.41, 5.74) is -1.33. The van der Waals surface area contributed by atoms with Crippen molar-refractivity contribution in [3.63, 3.8) is 0 Å². The summed E-state index contributed by atoms with van der Waals surface area (Å²) in [5, 5.41) is 0. The summed E-state index contributed by atoms with van der Waals surface area (Å²) in [4.78, 5) is 14.2. The molecule has 0 unspecified atom stereocenters. The first-order valence-corrected chi connectivity index (χ1v) is 3.58. The van der Waals surface area contributed by atoms with Crippen molar-refractivity contribution in [2.24, 2.45) is 0 Å². The van der Waals surface area contributed by atoms with Crippen LogP contribution in [0, 0.1) is 5.82 Å². The van der Waals surface area contributed by atoms with Crippen molar-refractivity contribution in [3.8, 4) is 0 Å². The molecule has 1 heterocycles. The Morgan fingerprint density at radius 2 is 2.21 bits per heavy atom. The largest absolute Gasteiger partial charge is 0.464 e. The Balaban J connectivity index is 3.21. The van der Waals surface area contributed by atoms with Gasteiger partial charge in [-0.05, 0) is 6.07 Å². The first kappa shape index (κ1) is 10.5. The lowest BCUT2D eigenvalue weighted by Crippen LogP contribution is -2.09. The van der Waals surface area contributed by atoms with Crippen molar-refractivity contribution < 1.29 is 22.7 Å². The van der Waals surface area contributed by atoms with Crippen LogP contribution in [0.2, 0.25) is 0 Å². The summed E-state index contributed by atoms with van der Waals surface area (Å²) in [6.45, 7) is 0. The number of nitrogens with zero attached hydrogens (tertiary/aromatic N) is 1. The monoisotopic (exact) mass is 205 g/mol. The molecule has 0 saturated carbocycles. The second-order valence-electron chi connectivity index (χ2n) is 2.38. The van der Waals surface area contributed by atoms with Crippen LogP contribution in [0.5, 0.6) is 0 Å². The number of carbonyl (C=O) groups excluding carboxylic acids is 1. The molecule has 1 rings (SSSR count). The normalized spacial score (nSPS) is 10.4. The first-order valence-electron chi connectivity index (χ1n) is 3.58. The van der Waals surface area contributed by atoms with Crippen LogP contribution < -0.4 is 0 Å². The SMILES string of the molecule is COC(=O)c1ncc(F)cc1C(F)F. The molecule has 0 saturated heterocycles. The van der Waals surface area contributed by atoms with Gasteiger partial charge in [0.15, 0.2) is 5.69 Å². The average Bonchev–Trinajstić information content (AvgIpc) is 2.16. The molecule has 0 radical (unpaired) electrons. The third-order valence-corrected chi connectivity index (χ3v) is 1.50. The second kappa shape index (κ2) is 4.08. The molecule has 1 aromatic heterocycles. The summed E-state index contributed by atoms with van der Waals surface area (Å²) in [7, 11) is 1.03. The van der Waals surface area contributed by atoms with Crippen LogP contribution in [0.15, 0.2) is 12.3 Å². The number of hydrogen-bond donors (Lipinski definition) is 0. The summed E-state index contributed by atoms with van der Waals surface area (Å²) in [6.07, 6.45) is -2.29. The molecule has 0 fully saturated rings. The molecule has 0 aliphatic carbocycles. The molecule has 0 atom stereocenters. The number of aromatic nitrogens is 1. The zero-order valence-corrected chi connectivity index (χ0v) is 7.13. The molecule has 0 spiro atoms. The van der Waals surface area contributed by atoms with Gasteiger partial charge in [0.2, 0.25) is 0 Å². The number of rotatable bonds is 2. The quantitative estimate of drug-likeness (QED) is 0.692. The molecule has 76 valence electrons. The Labute approximate surface area is 77.5 Å². The topological polar surface area (TPSA) is 39.2 Å². The summed E-state index contributed by atoms with van der Waals surface area (Å²) in [5.74, 6) is -1.94. The summed E-state index contributed by atoms with van der Waals surface area (Å²) < 4.78 is 41.3. The molecule has 14 heavy (non-hydrogen) atoms. The number of carbonyl (C=O) groups is 1. The van der Waals surface area contributed by atoms with E-state index in [2.05, 4.69) is 9.72 Å². The highest BCUT2D eigenvalue weighted by atomic mass is 19.3. The van der Waals surface area contributed by atoms with Crippen LogP contribution in [-0.4, -0.2) is 18.1 Å². The van der Waals surface area contributed by atoms with Gasteiger partial charge in [0.1, 0.15) is 5.82 Å². The Kier molecular flexibility index (Phi) is 3.06. The van der Waals surface area contributed by atoms with Gasteiger partial charge in [-0.2, -0.15) is 0 Å². The summed E-state index contributed by atoms with van der Waals surface area (Å²) >= 11 is 0. The molecule has 0 aliphatic heterocycles. The standard InChI is InChI=1S/C8H6F3NO2/c1-14-8(13)6-5(7(10)11)2-4(9)3-12-6/h2-3,7H,1H3. The van der Waals surface area contributed by atoms with E-state index in [-0.39, 0.29) is 0 Å². The smallest absolute Gasteiger partial charge is 0.357 e. The minimum Gasteiger partial charge on any atom is -0.464 e. The second-order valence-corrected chi connectivity index (χ2v) is 2.38. The third kappa shape index (κ3) is 2.01. The fraction of sp³-hybridized carbons (Fsp3) is 0.250. The maximum atomic E-state index is 12.5. The highest BCUT2D eigenvalue weighted by Gasteiger charge is 2.21. The molecule has 1 aromatic rings.